The van der Waals surface area contributed by atoms with Gasteiger partial charge in [0.05, 0.1) is 24.3 Å². The number of ether oxygens (including phenoxy) is 1. The number of nitriles is 1. The zero-order chi connectivity index (χ0) is 11.1. The van der Waals surface area contributed by atoms with Gasteiger partial charge in [0, 0.05) is 13.3 Å². The molecule has 0 saturated heterocycles. The van der Waals surface area contributed by atoms with E-state index in [1.54, 1.807) is 25.4 Å². The van der Waals surface area contributed by atoms with Crippen molar-refractivity contribution in [1.29, 1.82) is 5.26 Å². The summed E-state index contributed by atoms with van der Waals surface area (Å²) in [5, 5.41) is 11.9. The van der Waals surface area contributed by atoms with E-state index in [-0.39, 0.29) is 6.04 Å². The van der Waals surface area contributed by atoms with Gasteiger partial charge in [-0.2, -0.15) is 5.26 Å². The van der Waals surface area contributed by atoms with Crippen molar-refractivity contribution < 1.29 is 4.74 Å². The molecule has 15 heavy (non-hydrogen) atoms. The summed E-state index contributed by atoms with van der Waals surface area (Å²) in [6.45, 7) is 2.71. The van der Waals surface area contributed by atoms with Crippen molar-refractivity contribution in [1.82, 2.24) is 4.98 Å². The van der Waals surface area contributed by atoms with E-state index < -0.39 is 0 Å². The standard InChI is InChI=1S/C11H15N3O/c1-3-10(8-15-2)14-11-6-9(7-12)4-5-13-11/h4-6,10H,3,8H2,1-2H3,(H,13,14). The Balaban J connectivity index is 2.66. The van der Waals surface area contributed by atoms with Crippen molar-refractivity contribution in [2.45, 2.75) is 19.4 Å². The normalized spacial score (nSPS) is 11.8. The van der Waals surface area contributed by atoms with Gasteiger partial charge in [-0.1, -0.05) is 6.92 Å². The molecule has 0 spiro atoms. The van der Waals surface area contributed by atoms with Gasteiger partial charge in [0.2, 0.25) is 0 Å². The molecule has 0 aliphatic heterocycles. The number of anilines is 1. The highest BCUT2D eigenvalue weighted by Gasteiger charge is 2.06. The molecule has 1 atom stereocenters. The third-order valence-electron chi connectivity index (χ3n) is 2.10. The fraction of sp³-hybridized carbons (Fsp3) is 0.455. The van der Waals surface area contributed by atoms with E-state index in [1.807, 2.05) is 0 Å². The van der Waals surface area contributed by atoms with Crippen LogP contribution in [0, 0.1) is 11.3 Å². The van der Waals surface area contributed by atoms with Crippen molar-refractivity contribution in [3.63, 3.8) is 0 Å². The molecule has 0 radical (unpaired) electrons. The molecule has 1 aromatic rings. The number of hydrogen-bond acceptors (Lipinski definition) is 4. The average Bonchev–Trinajstić information content (AvgIpc) is 2.29. The summed E-state index contributed by atoms with van der Waals surface area (Å²) in [4.78, 5) is 4.14. The molecule has 4 nitrogen and oxygen atoms in total. The molecule has 0 aliphatic rings. The van der Waals surface area contributed by atoms with Gasteiger partial charge in [0.25, 0.3) is 0 Å². The van der Waals surface area contributed by atoms with Crippen LogP contribution in [0.5, 0.6) is 0 Å². The fourth-order valence-corrected chi connectivity index (χ4v) is 1.25. The summed E-state index contributed by atoms with van der Waals surface area (Å²) in [5.41, 5.74) is 0.611. The Labute approximate surface area is 89.9 Å². The smallest absolute Gasteiger partial charge is 0.127 e. The van der Waals surface area contributed by atoms with Crippen LogP contribution in [0.15, 0.2) is 18.3 Å². The summed E-state index contributed by atoms with van der Waals surface area (Å²) in [7, 11) is 1.67. The van der Waals surface area contributed by atoms with Gasteiger partial charge in [-0.25, -0.2) is 4.98 Å². The Bertz CT molecular complexity index is 346. The number of nitrogens with zero attached hydrogens (tertiary/aromatic N) is 2. The number of nitrogens with one attached hydrogen (secondary N) is 1. The predicted octanol–water partition coefficient (Wildman–Crippen LogP) is 1.79. The summed E-state index contributed by atoms with van der Waals surface area (Å²) in [5.74, 6) is 0.720. The first-order chi connectivity index (χ1) is 7.30. The third kappa shape index (κ3) is 3.56. The molecule has 4 heteroatoms. The molecule has 1 heterocycles. The van der Waals surface area contributed by atoms with Crippen molar-refractivity contribution in [2.75, 3.05) is 19.0 Å². The Morgan fingerprint density at radius 3 is 3.07 bits per heavy atom. The molecule has 0 amide bonds. The number of rotatable bonds is 5. The van der Waals surface area contributed by atoms with Crippen LogP contribution >= 0.6 is 0 Å². The molecule has 1 rings (SSSR count). The van der Waals surface area contributed by atoms with Crippen molar-refractivity contribution in [3.05, 3.63) is 23.9 Å². The van der Waals surface area contributed by atoms with Crippen LogP contribution in [0.1, 0.15) is 18.9 Å². The van der Waals surface area contributed by atoms with Gasteiger partial charge in [-0.3, -0.25) is 0 Å². The minimum Gasteiger partial charge on any atom is -0.383 e. The monoisotopic (exact) mass is 205 g/mol. The molecule has 0 bridgehead atoms. The summed E-state index contributed by atoms with van der Waals surface area (Å²) in [6.07, 6.45) is 2.58. The minimum absolute atomic E-state index is 0.233. The van der Waals surface area contributed by atoms with E-state index >= 15 is 0 Å². The SMILES string of the molecule is CCC(COC)Nc1cc(C#N)ccn1. The maximum atomic E-state index is 8.73. The largest absolute Gasteiger partial charge is 0.383 e. The van der Waals surface area contributed by atoms with Crippen LogP contribution in [0.3, 0.4) is 0 Å². The number of hydrogen-bond donors (Lipinski definition) is 1. The predicted molar refractivity (Wildman–Crippen MR) is 58.5 cm³/mol. The second kappa shape index (κ2) is 5.99. The maximum absolute atomic E-state index is 8.73. The highest BCUT2D eigenvalue weighted by atomic mass is 16.5. The third-order valence-corrected chi connectivity index (χ3v) is 2.10. The zero-order valence-electron chi connectivity index (χ0n) is 9.03. The minimum atomic E-state index is 0.233. The van der Waals surface area contributed by atoms with Crippen molar-refractivity contribution in [2.24, 2.45) is 0 Å². The number of pyridine rings is 1. The number of aromatic nitrogens is 1. The van der Waals surface area contributed by atoms with E-state index in [2.05, 4.69) is 23.3 Å². The van der Waals surface area contributed by atoms with Crippen LogP contribution < -0.4 is 5.32 Å². The molecule has 0 saturated carbocycles. The van der Waals surface area contributed by atoms with E-state index in [0.29, 0.717) is 12.2 Å². The van der Waals surface area contributed by atoms with Crippen LogP contribution in [0.4, 0.5) is 5.82 Å². The summed E-state index contributed by atoms with van der Waals surface area (Å²) in [6, 6.07) is 5.73. The Morgan fingerprint density at radius 2 is 2.47 bits per heavy atom. The van der Waals surface area contributed by atoms with Gasteiger partial charge in [0.15, 0.2) is 0 Å². The topological polar surface area (TPSA) is 57.9 Å². The lowest BCUT2D eigenvalue weighted by molar-refractivity contribution is 0.184. The van der Waals surface area contributed by atoms with E-state index in [0.717, 1.165) is 12.2 Å². The van der Waals surface area contributed by atoms with Crippen molar-refractivity contribution in [3.8, 4) is 6.07 Å². The lowest BCUT2D eigenvalue weighted by atomic mass is 10.2. The Morgan fingerprint density at radius 1 is 1.67 bits per heavy atom. The quantitative estimate of drug-likeness (QED) is 0.796. The van der Waals surface area contributed by atoms with Crippen LogP contribution in [0.2, 0.25) is 0 Å². The molecule has 0 aromatic carbocycles. The van der Waals surface area contributed by atoms with Crippen LogP contribution in [0.25, 0.3) is 0 Å². The molecule has 0 aliphatic carbocycles. The molecule has 1 aromatic heterocycles. The Kier molecular flexibility index (Phi) is 4.58. The summed E-state index contributed by atoms with van der Waals surface area (Å²) < 4.78 is 5.07. The first-order valence-corrected chi connectivity index (χ1v) is 4.91. The van der Waals surface area contributed by atoms with Crippen LogP contribution in [-0.4, -0.2) is 24.7 Å². The van der Waals surface area contributed by atoms with E-state index in [1.165, 1.54) is 0 Å². The first-order valence-electron chi connectivity index (χ1n) is 4.91. The second-order valence-corrected chi connectivity index (χ2v) is 3.25. The highest BCUT2D eigenvalue weighted by molar-refractivity contribution is 5.42. The van der Waals surface area contributed by atoms with Gasteiger partial charge < -0.3 is 10.1 Å². The molecular weight excluding hydrogens is 190 g/mol. The summed E-state index contributed by atoms with van der Waals surface area (Å²) >= 11 is 0. The van der Waals surface area contributed by atoms with E-state index in [9.17, 15) is 0 Å². The van der Waals surface area contributed by atoms with Crippen LogP contribution in [-0.2, 0) is 4.74 Å². The molecular formula is C11H15N3O. The zero-order valence-corrected chi connectivity index (χ0v) is 9.03. The van der Waals surface area contributed by atoms with Gasteiger partial charge in [0.1, 0.15) is 5.82 Å². The van der Waals surface area contributed by atoms with E-state index in [4.69, 9.17) is 10.00 Å². The van der Waals surface area contributed by atoms with Crippen molar-refractivity contribution >= 4 is 5.82 Å². The molecule has 0 fully saturated rings. The average molecular weight is 205 g/mol. The maximum Gasteiger partial charge on any atom is 0.127 e. The molecule has 80 valence electrons. The van der Waals surface area contributed by atoms with Gasteiger partial charge in [-0.05, 0) is 18.6 Å². The van der Waals surface area contributed by atoms with Gasteiger partial charge in [-0.15, -0.1) is 0 Å². The number of methoxy groups -OCH3 is 1. The fourth-order valence-electron chi connectivity index (χ4n) is 1.25. The highest BCUT2D eigenvalue weighted by Crippen LogP contribution is 2.08. The Hall–Kier alpha value is -1.60. The lowest BCUT2D eigenvalue weighted by Gasteiger charge is -2.16. The second-order valence-electron chi connectivity index (χ2n) is 3.25. The van der Waals surface area contributed by atoms with Gasteiger partial charge >= 0.3 is 0 Å². The lowest BCUT2D eigenvalue weighted by Crippen LogP contribution is -2.24. The molecule has 1 unspecified atom stereocenters. The first kappa shape index (κ1) is 11.5. The molecule has 1 N–H and O–H groups in total.